The molecule has 0 spiro atoms. The van der Waals surface area contributed by atoms with Crippen molar-refractivity contribution in [3.8, 4) is 0 Å². The molecule has 2 aromatic rings. The number of hydrogen-bond acceptors (Lipinski definition) is 3. The molecular formula is C16H17NOS. The number of rotatable bonds is 5. The second-order valence-electron chi connectivity index (χ2n) is 4.09. The highest BCUT2D eigenvalue weighted by molar-refractivity contribution is 7.99. The largest absolute Gasteiger partial charge is 0.387 e. The first-order valence-corrected chi connectivity index (χ1v) is 7.29. The van der Waals surface area contributed by atoms with Crippen LogP contribution < -0.4 is 5.32 Å². The van der Waals surface area contributed by atoms with E-state index in [9.17, 15) is 4.79 Å². The summed E-state index contributed by atoms with van der Waals surface area (Å²) in [6, 6.07) is 15.2. The van der Waals surface area contributed by atoms with Crippen molar-refractivity contribution in [3.63, 3.8) is 0 Å². The zero-order chi connectivity index (χ0) is 13.7. The minimum Gasteiger partial charge on any atom is -0.387 e. The number of anilines is 1. The van der Waals surface area contributed by atoms with Crippen LogP contribution in [0.4, 0.5) is 5.69 Å². The number of ketones is 1. The molecule has 0 atom stereocenters. The van der Waals surface area contributed by atoms with E-state index in [0.29, 0.717) is 0 Å². The Morgan fingerprint density at radius 3 is 2.47 bits per heavy atom. The van der Waals surface area contributed by atoms with Gasteiger partial charge in [0.15, 0.2) is 5.78 Å². The van der Waals surface area contributed by atoms with Gasteiger partial charge >= 0.3 is 0 Å². The summed E-state index contributed by atoms with van der Waals surface area (Å²) in [4.78, 5) is 13.5. The summed E-state index contributed by atoms with van der Waals surface area (Å²) < 4.78 is 0. The second-order valence-corrected chi connectivity index (χ2v) is 5.39. The fourth-order valence-electron chi connectivity index (χ4n) is 1.90. The molecule has 0 unspecified atom stereocenters. The summed E-state index contributed by atoms with van der Waals surface area (Å²) in [5, 5.41) is 3.15. The molecule has 0 heterocycles. The summed E-state index contributed by atoms with van der Waals surface area (Å²) in [5.74, 6) is 1.05. The number of nitrogens with one attached hydrogen (secondary N) is 1. The predicted molar refractivity (Wildman–Crippen MR) is 82.3 cm³/mol. The van der Waals surface area contributed by atoms with E-state index >= 15 is 0 Å². The maximum absolute atomic E-state index is 12.4. The van der Waals surface area contributed by atoms with E-state index in [2.05, 4.69) is 12.2 Å². The molecule has 0 aliphatic rings. The number of thioether (sulfide) groups is 1. The van der Waals surface area contributed by atoms with Gasteiger partial charge < -0.3 is 5.32 Å². The molecule has 2 nitrogen and oxygen atoms in total. The van der Waals surface area contributed by atoms with Gasteiger partial charge in [-0.25, -0.2) is 0 Å². The van der Waals surface area contributed by atoms with E-state index in [1.165, 1.54) is 0 Å². The van der Waals surface area contributed by atoms with Gasteiger partial charge in [0.05, 0.1) is 0 Å². The van der Waals surface area contributed by atoms with E-state index in [-0.39, 0.29) is 5.78 Å². The molecule has 1 N–H and O–H groups in total. The molecule has 0 amide bonds. The molecule has 3 heteroatoms. The van der Waals surface area contributed by atoms with Crippen LogP contribution in [0.2, 0.25) is 0 Å². The van der Waals surface area contributed by atoms with Crippen LogP contribution in [0.5, 0.6) is 0 Å². The lowest BCUT2D eigenvalue weighted by Crippen LogP contribution is -2.02. The van der Waals surface area contributed by atoms with Crippen LogP contribution in [0.25, 0.3) is 0 Å². The van der Waals surface area contributed by atoms with E-state index in [4.69, 9.17) is 0 Å². The molecular weight excluding hydrogens is 254 g/mol. The normalized spacial score (nSPS) is 10.2. The van der Waals surface area contributed by atoms with E-state index in [0.717, 1.165) is 27.5 Å². The van der Waals surface area contributed by atoms with Gasteiger partial charge in [0.25, 0.3) is 0 Å². The molecule has 0 fully saturated rings. The van der Waals surface area contributed by atoms with E-state index in [1.54, 1.807) is 11.8 Å². The summed E-state index contributed by atoms with van der Waals surface area (Å²) in [6.07, 6.45) is 0. The predicted octanol–water partition coefficient (Wildman–Crippen LogP) is 4.07. The monoisotopic (exact) mass is 271 g/mol. The van der Waals surface area contributed by atoms with Gasteiger partial charge in [-0.15, -0.1) is 11.8 Å². The lowest BCUT2D eigenvalue weighted by molar-refractivity contribution is 0.103. The van der Waals surface area contributed by atoms with Crippen LogP contribution >= 0.6 is 11.8 Å². The molecule has 0 bridgehead atoms. The van der Waals surface area contributed by atoms with Crippen LogP contribution in [0.1, 0.15) is 22.8 Å². The summed E-state index contributed by atoms with van der Waals surface area (Å²) in [6.45, 7) is 2.11. The van der Waals surface area contributed by atoms with E-state index in [1.807, 2.05) is 55.6 Å². The number of carbonyl (C=O) groups excluding carboxylic acids is 1. The molecule has 2 rings (SSSR count). The summed E-state index contributed by atoms with van der Waals surface area (Å²) >= 11 is 1.74. The van der Waals surface area contributed by atoms with Gasteiger partial charge in [-0.3, -0.25) is 4.79 Å². The van der Waals surface area contributed by atoms with E-state index < -0.39 is 0 Å². The Morgan fingerprint density at radius 1 is 1.11 bits per heavy atom. The van der Waals surface area contributed by atoms with Crippen LogP contribution in [0.15, 0.2) is 53.4 Å². The highest BCUT2D eigenvalue weighted by Crippen LogP contribution is 2.28. The lowest BCUT2D eigenvalue weighted by Gasteiger charge is -2.10. The first-order chi connectivity index (χ1) is 9.26. The van der Waals surface area contributed by atoms with Crippen molar-refractivity contribution < 1.29 is 4.79 Å². The Morgan fingerprint density at radius 2 is 1.84 bits per heavy atom. The first-order valence-electron chi connectivity index (χ1n) is 6.30. The second kappa shape index (κ2) is 6.43. The topological polar surface area (TPSA) is 29.1 Å². The van der Waals surface area contributed by atoms with Crippen LogP contribution in [-0.4, -0.2) is 18.6 Å². The first kappa shape index (κ1) is 13.7. The molecule has 19 heavy (non-hydrogen) atoms. The number of carbonyl (C=O) groups is 1. The van der Waals surface area contributed by atoms with Gasteiger partial charge in [0, 0.05) is 28.8 Å². The van der Waals surface area contributed by atoms with Crippen molar-refractivity contribution in [2.24, 2.45) is 0 Å². The fourth-order valence-corrected chi connectivity index (χ4v) is 2.75. The Hall–Kier alpha value is -1.74. The fraction of sp³-hybridized carbons (Fsp3) is 0.188. The SMILES string of the molecule is CCSc1cc(C(=O)c2ccccc2)ccc1NC. The van der Waals surface area contributed by atoms with Gasteiger partial charge in [-0.1, -0.05) is 37.3 Å². The molecule has 0 saturated heterocycles. The van der Waals surface area contributed by atoms with Gasteiger partial charge in [-0.05, 0) is 24.0 Å². The molecule has 0 aromatic heterocycles. The molecule has 2 aromatic carbocycles. The maximum Gasteiger partial charge on any atom is 0.193 e. The quantitative estimate of drug-likeness (QED) is 0.656. The Kier molecular flexibility index (Phi) is 4.63. The van der Waals surface area contributed by atoms with Crippen molar-refractivity contribution in [1.82, 2.24) is 0 Å². The highest BCUT2D eigenvalue weighted by Gasteiger charge is 2.11. The standard InChI is InChI=1S/C16H17NOS/c1-3-19-15-11-13(9-10-14(15)17-2)16(18)12-7-5-4-6-8-12/h4-11,17H,3H2,1-2H3. The minimum atomic E-state index is 0.0706. The molecule has 0 saturated carbocycles. The van der Waals surface area contributed by atoms with Crippen LogP contribution in [0.3, 0.4) is 0 Å². The van der Waals surface area contributed by atoms with Gasteiger partial charge in [-0.2, -0.15) is 0 Å². The van der Waals surface area contributed by atoms with Crippen molar-refractivity contribution in [1.29, 1.82) is 0 Å². The van der Waals surface area contributed by atoms with Crippen molar-refractivity contribution in [2.45, 2.75) is 11.8 Å². The zero-order valence-corrected chi connectivity index (χ0v) is 12.0. The lowest BCUT2D eigenvalue weighted by atomic mass is 10.0. The van der Waals surface area contributed by atoms with Gasteiger partial charge in [0.2, 0.25) is 0 Å². The highest BCUT2D eigenvalue weighted by atomic mass is 32.2. The Labute approximate surface area is 118 Å². The van der Waals surface area contributed by atoms with Crippen molar-refractivity contribution >= 4 is 23.2 Å². The van der Waals surface area contributed by atoms with Gasteiger partial charge in [0.1, 0.15) is 0 Å². The Bertz CT molecular complexity index is 566. The van der Waals surface area contributed by atoms with Crippen molar-refractivity contribution in [2.75, 3.05) is 18.1 Å². The molecule has 0 aliphatic heterocycles. The third kappa shape index (κ3) is 3.18. The summed E-state index contributed by atoms with van der Waals surface area (Å²) in [7, 11) is 1.90. The minimum absolute atomic E-state index is 0.0706. The average Bonchev–Trinajstić information content (AvgIpc) is 2.47. The third-order valence-corrected chi connectivity index (χ3v) is 3.79. The number of hydrogen-bond donors (Lipinski definition) is 1. The molecule has 0 radical (unpaired) electrons. The molecule has 0 aliphatic carbocycles. The van der Waals surface area contributed by atoms with Crippen LogP contribution in [0, 0.1) is 0 Å². The van der Waals surface area contributed by atoms with Crippen LogP contribution in [-0.2, 0) is 0 Å². The smallest absolute Gasteiger partial charge is 0.193 e. The summed E-state index contributed by atoms with van der Waals surface area (Å²) in [5.41, 5.74) is 2.53. The maximum atomic E-state index is 12.4. The zero-order valence-electron chi connectivity index (χ0n) is 11.1. The van der Waals surface area contributed by atoms with Crippen molar-refractivity contribution in [3.05, 3.63) is 59.7 Å². The third-order valence-electron chi connectivity index (χ3n) is 2.85. The molecule has 98 valence electrons. The Balaban J connectivity index is 2.35. The average molecular weight is 271 g/mol. The number of benzene rings is 2.